The second-order valence-corrected chi connectivity index (χ2v) is 8.89. The number of hydrogen-bond donors (Lipinski definition) is 0. The van der Waals surface area contributed by atoms with Gasteiger partial charge in [-0.25, -0.2) is 4.39 Å². The Morgan fingerprint density at radius 3 is 2.58 bits per heavy atom. The minimum Gasteiger partial charge on any atom is -0.488 e. The predicted molar refractivity (Wildman–Crippen MR) is 131 cm³/mol. The van der Waals surface area contributed by atoms with E-state index >= 15 is 0 Å². The number of carbonyl (C=O) groups is 1. The molecule has 0 unspecified atom stereocenters. The minimum atomic E-state index is -0.532. The van der Waals surface area contributed by atoms with Gasteiger partial charge in [0, 0.05) is 23.3 Å². The van der Waals surface area contributed by atoms with Crippen molar-refractivity contribution in [3.63, 3.8) is 0 Å². The molecule has 166 valence electrons. The van der Waals surface area contributed by atoms with Gasteiger partial charge in [0.25, 0.3) is 11.6 Å². The standard InChI is InChI=1S/C24H17FN2O4S2/c1-15-6-8-18(9-7-15)26-23(28)22(33-24(26)32)13-17-12-19(27(29)30)10-11-21(17)31-14-16-4-2-3-5-20(16)25/h2-13H,14H2,1H3/b22-13-. The second-order valence-electron chi connectivity index (χ2n) is 7.21. The Balaban J connectivity index is 1.66. The van der Waals surface area contributed by atoms with Crippen LogP contribution >= 0.6 is 24.0 Å². The summed E-state index contributed by atoms with van der Waals surface area (Å²) in [6.45, 7) is 1.87. The fourth-order valence-electron chi connectivity index (χ4n) is 3.19. The molecule has 0 saturated carbocycles. The Kier molecular flexibility index (Phi) is 6.52. The van der Waals surface area contributed by atoms with Crippen molar-refractivity contribution >= 4 is 51.7 Å². The zero-order valence-corrected chi connectivity index (χ0v) is 19.0. The number of thiocarbonyl (C=S) groups is 1. The van der Waals surface area contributed by atoms with Crippen LogP contribution in [-0.2, 0) is 11.4 Å². The third-order valence-electron chi connectivity index (χ3n) is 4.92. The first kappa shape index (κ1) is 22.6. The van der Waals surface area contributed by atoms with Crippen LogP contribution in [0, 0.1) is 22.9 Å². The number of nitrogens with zero attached hydrogens (tertiary/aromatic N) is 2. The number of nitro benzene ring substituents is 1. The maximum Gasteiger partial charge on any atom is 0.270 e. The molecule has 33 heavy (non-hydrogen) atoms. The van der Waals surface area contributed by atoms with E-state index in [9.17, 15) is 19.3 Å². The highest BCUT2D eigenvalue weighted by Crippen LogP contribution is 2.38. The van der Waals surface area contributed by atoms with Gasteiger partial charge >= 0.3 is 0 Å². The van der Waals surface area contributed by atoms with Gasteiger partial charge in [-0.15, -0.1) is 0 Å². The molecule has 6 nitrogen and oxygen atoms in total. The number of nitro groups is 1. The molecule has 9 heteroatoms. The highest BCUT2D eigenvalue weighted by molar-refractivity contribution is 8.27. The van der Waals surface area contributed by atoms with Gasteiger partial charge in [0.05, 0.1) is 15.5 Å². The molecule has 0 aromatic heterocycles. The van der Waals surface area contributed by atoms with E-state index in [1.165, 1.54) is 35.2 Å². The highest BCUT2D eigenvalue weighted by Gasteiger charge is 2.33. The first-order chi connectivity index (χ1) is 15.8. The normalized spacial score (nSPS) is 14.7. The van der Waals surface area contributed by atoms with Crippen LogP contribution in [0.4, 0.5) is 15.8 Å². The van der Waals surface area contributed by atoms with E-state index in [-0.39, 0.29) is 24.0 Å². The predicted octanol–water partition coefficient (Wildman–Crippen LogP) is 6.03. The van der Waals surface area contributed by atoms with Crippen molar-refractivity contribution in [1.29, 1.82) is 0 Å². The summed E-state index contributed by atoms with van der Waals surface area (Å²) >= 11 is 6.50. The van der Waals surface area contributed by atoms with Crippen molar-refractivity contribution in [2.75, 3.05) is 4.90 Å². The highest BCUT2D eigenvalue weighted by atomic mass is 32.2. The smallest absolute Gasteiger partial charge is 0.270 e. The number of halogens is 1. The molecule has 1 aliphatic heterocycles. The molecule has 0 spiro atoms. The average Bonchev–Trinajstić information content (AvgIpc) is 3.07. The van der Waals surface area contributed by atoms with E-state index in [0.717, 1.165) is 17.3 Å². The lowest BCUT2D eigenvalue weighted by atomic mass is 10.1. The third-order valence-corrected chi connectivity index (χ3v) is 6.22. The maximum absolute atomic E-state index is 14.0. The zero-order chi connectivity index (χ0) is 23.5. The van der Waals surface area contributed by atoms with Gasteiger partial charge in [-0.1, -0.05) is 59.9 Å². The fourth-order valence-corrected chi connectivity index (χ4v) is 4.48. The van der Waals surface area contributed by atoms with Gasteiger partial charge in [0.1, 0.15) is 18.2 Å². The Hall–Kier alpha value is -3.56. The molecule has 0 radical (unpaired) electrons. The fraction of sp³-hybridized carbons (Fsp3) is 0.0833. The van der Waals surface area contributed by atoms with Gasteiger partial charge in [-0.2, -0.15) is 0 Å². The van der Waals surface area contributed by atoms with E-state index in [0.29, 0.717) is 26.0 Å². The van der Waals surface area contributed by atoms with E-state index in [2.05, 4.69) is 0 Å². The van der Waals surface area contributed by atoms with Crippen LogP contribution in [0.25, 0.3) is 6.08 Å². The molecule has 4 rings (SSSR count). The number of thioether (sulfide) groups is 1. The molecular formula is C24H17FN2O4S2. The number of amides is 1. The topological polar surface area (TPSA) is 72.7 Å². The Morgan fingerprint density at radius 1 is 1.15 bits per heavy atom. The molecule has 3 aromatic rings. The molecule has 1 fully saturated rings. The number of carbonyl (C=O) groups excluding carboxylic acids is 1. The van der Waals surface area contributed by atoms with Crippen LogP contribution in [0.2, 0.25) is 0 Å². The second kappa shape index (κ2) is 9.51. The van der Waals surface area contributed by atoms with Crippen molar-refractivity contribution in [2.45, 2.75) is 13.5 Å². The summed E-state index contributed by atoms with van der Waals surface area (Å²) in [5, 5.41) is 11.3. The molecule has 0 N–H and O–H groups in total. The lowest BCUT2D eigenvalue weighted by Gasteiger charge is -2.14. The molecule has 1 heterocycles. The van der Waals surface area contributed by atoms with Gasteiger partial charge in [0.15, 0.2) is 4.32 Å². The van der Waals surface area contributed by atoms with Crippen LogP contribution in [0.1, 0.15) is 16.7 Å². The molecule has 1 amide bonds. The summed E-state index contributed by atoms with van der Waals surface area (Å²) < 4.78 is 20.1. The molecule has 1 saturated heterocycles. The average molecular weight is 481 g/mol. The Labute approximate surface area is 198 Å². The van der Waals surface area contributed by atoms with Crippen molar-refractivity contribution in [3.8, 4) is 5.75 Å². The van der Waals surface area contributed by atoms with Crippen molar-refractivity contribution in [3.05, 3.63) is 104 Å². The number of non-ortho nitro benzene ring substituents is 1. The zero-order valence-electron chi connectivity index (χ0n) is 17.4. The van der Waals surface area contributed by atoms with E-state index in [1.807, 2.05) is 19.1 Å². The molecule has 1 aliphatic rings. The first-order valence-corrected chi connectivity index (χ1v) is 11.1. The van der Waals surface area contributed by atoms with Crippen LogP contribution in [0.3, 0.4) is 0 Å². The summed E-state index contributed by atoms with van der Waals surface area (Å²) in [6, 6.07) is 17.6. The van der Waals surface area contributed by atoms with Crippen LogP contribution in [-0.4, -0.2) is 15.2 Å². The van der Waals surface area contributed by atoms with Gasteiger partial charge in [-0.3, -0.25) is 19.8 Å². The third kappa shape index (κ3) is 4.94. The first-order valence-electron chi connectivity index (χ1n) is 9.83. The maximum atomic E-state index is 14.0. The van der Waals surface area contributed by atoms with Crippen LogP contribution in [0.15, 0.2) is 71.6 Å². The minimum absolute atomic E-state index is 0.0738. The number of anilines is 1. The number of rotatable bonds is 6. The van der Waals surface area contributed by atoms with Gasteiger partial charge in [-0.05, 0) is 37.3 Å². The molecule has 0 bridgehead atoms. The number of hydrogen-bond acceptors (Lipinski definition) is 6. The SMILES string of the molecule is Cc1ccc(N2C(=O)/C(=C/c3cc([N+](=O)[O-])ccc3OCc3ccccc3F)SC2=S)cc1. The summed E-state index contributed by atoms with van der Waals surface area (Å²) in [7, 11) is 0. The van der Waals surface area contributed by atoms with Crippen molar-refractivity contribution in [1.82, 2.24) is 0 Å². The van der Waals surface area contributed by atoms with E-state index in [4.69, 9.17) is 17.0 Å². The molecule has 0 aliphatic carbocycles. The molecule has 0 atom stereocenters. The summed E-state index contributed by atoms with van der Waals surface area (Å²) in [4.78, 5) is 25.6. The van der Waals surface area contributed by atoms with Gasteiger partial charge < -0.3 is 4.74 Å². The van der Waals surface area contributed by atoms with Crippen molar-refractivity contribution < 1.29 is 18.8 Å². The van der Waals surface area contributed by atoms with Crippen molar-refractivity contribution in [2.24, 2.45) is 0 Å². The number of ether oxygens (including phenoxy) is 1. The summed E-state index contributed by atoms with van der Waals surface area (Å²) in [5.41, 5.74) is 2.19. The molecule has 3 aromatic carbocycles. The molecular weight excluding hydrogens is 463 g/mol. The van der Waals surface area contributed by atoms with E-state index in [1.54, 1.807) is 30.3 Å². The lowest BCUT2D eigenvalue weighted by Crippen LogP contribution is -2.27. The Morgan fingerprint density at radius 2 is 1.88 bits per heavy atom. The van der Waals surface area contributed by atoms with Gasteiger partial charge in [0.2, 0.25) is 0 Å². The number of aryl methyl sites for hydroxylation is 1. The summed E-state index contributed by atoms with van der Waals surface area (Å²) in [5.74, 6) is -0.468. The van der Waals surface area contributed by atoms with E-state index < -0.39 is 10.7 Å². The monoisotopic (exact) mass is 480 g/mol. The number of benzene rings is 3. The summed E-state index contributed by atoms with van der Waals surface area (Å²) in [6.07, 6.45) is 1.51. The Bertz CT molecular complexity index is 1290. The quantitative estimate of drug-likeness (QED) is 0.186. The largest absolute Gasteiger partial charge is 0.488 e. The van der Waals surface area contributed by atoms with Crippen LogP contribution < -0.4 is 9.64 Å². The lowest BCUT2D eigenvalue weighted by molar-refractivity contribution is -0.384. The van der Waals surface area contributed by atoms with Crippen LogP contribution in [0.5, 0.6) is 5.75 Å².